The van der Waals surface area contributed by atoms with Gasteiger partial charge in [0, 0.05) is 0 Å². The Morgan fingerprint density at radius 2 is 2.00 bits per heavy atom. The number of aromatic nitrogens is 2. The van der Waals surface area contributed by atoms with Gasteiger partial charge in [-0.2, -0.15) is 5.26 Å². The van der Waals surface area contributed by atoms with Crippen molar-refractivity contribution in [3.05, 3.63) is 70.3 Å². The summed E-state index contributed by atoms with van der Waals surface area (Å²) < 4.78 is 1.37. The summed E-state index contributed by atoms with van der Waals surface area (Å²) >= 11 is 0. The molecule has 26 heavy (non-hydrogen) atoms. The molecule has 1 aromatic heterocycles. The zero-order valence-corrected chi connectivity index (χ0v) is 14.0. The maximum Gasteiger partial charge on any atom is 0.405 e. The Kier molecular flexibility index (Phi) is 4.67. The molecule has 0 unspecified atom stereocenters. The minimum atomic E-state index is -1.20. The van der Waals surface area contributed by atoms with E-state index in [1.54, 1.807) is 49.4 Å². The van der Waals surface area contributed by atoms with Gasteiger partial charge in [-0.15, -0.1) is 0 Å². The summed E-state index contributed by atoms with van der Waals surface area (Å²) in [7, 11) is 0. The first-order valence-electron chi connectivity index (χ1n) is 8.07. The number of benzene rings is 2. The van der Waals surface area contributed by atoms with Crippen LogP contribution in [0.25, 0.3) is 16.6 Å². The SMILES string of the molecule is CC[C@H](NC(=O)O)c1nc2cccc(C#N)c2c(=O)n1-c1ccccc1. The summed E-state index contributed by atoms with van der Waals surface area (Å²) in [6, 6.07) is 15.0. The van der Waals surface area contributed by atoms with Gasteiger partial charge in [0.05, 0.1) is 28.2 Å². The lowest BCUT2D eigenvalue weighted by molar-refractivity contribution is 0.188. The second-order valence-corrected chi connectivity index (χ2v) is 5.67. The largest absolute Gasteiger partial charge is 0.465 e. The van der Waals surface area contributed by atoms with E-state index in [2.05, 4.69) is 10.3 Å². The number of amides is 1. The number of carbonyl (C=O) groups is 1. The van der Waals surface area contributed by atoms with Crippen LogP contribution in [-0.2, 0) is 0 Å². The monoisotopic (exact) mass is 348 g/mol. The van der Waals surface area contributed by atoms with Gasteiger partial charge in [0.15, 0.2) is 0 Å². The Bertz CT molecular complexity index is 1070. The molecule has 130 valence electrons. The van der Waals surface area contributed by atoms with Gasteiger partial charge in [-0.05, 0) is 30.7 Å². The lowest BCUT2D eigenvalue weighted by Crippen LogP contribution is -2.33. The van der Waals surface area contributed by atoms with Gasteiger partial charge in [-0.3, -0.25) is 9.36 Å². The molecule has 3 aromatic rings. The van der Waals surface area contributed by atoms with Crippen LogP contribution in [-0.4, -0.2) is 20.8 Å². The quantitative estimate of drug-likeness (QED) is 0.753. The second-order valence-electron chi connectivity index (χ2n) is 5.67. The van der Waals surface area contributed by atoms with Crippen LogP contribution in [0.4, 0.5) is 4.79 Å². The third kappa shape index (κ3) is 3.00. The fourth-order valence-electron chi connectivity index (χ4n) is 2.90. The molecule has 2 N–H and O–H groups in total. The third-order valence-corrected chi connectivity index (χ3v) is 4.08. The molecule has 0 saturated carbocycles. The standard InChI is InChI=1S/C19H16N4O3/c1-2-14(22-19(25)26)17-21-15-10-6-7-12(11-20)16(15)18(24)23(17)13-8-4-3-5-9-13/h3-10,14,22H,2H2,1H3,(H,25,26)/t14-/m0/s1. The van der Waals surface area contributed by atoms with Gasteiger partial charge in [0.2, 0.25) is 0 Å². The first kappa shape index (κ1) is 17.2. The maximum atomic E-state index is 13.2. The Morgan fingerprint density at radius 3 is 2.62 bits per heavy atom. The fourth-order valence-corrected chi connectivity index (χ4v) is 2.90. The minimum Gasteiger partial charge on any atom is -0.465 e. The van der Waals surface area contributed by atoms with Crippen molar-refractivity contribution in [2.45, 2.75) is 19.4 Å². The predicted molar refractivity (Wildman–Crippen MR) is 96.2 cm³/mol. The van der Waals surface area contributed by atoms with E-state index in [0.29, 0.717) is 17.6 Å². The Labute approximate surface area is 149 Å². The molecular weight excluding hydrogens is 332 g/mol. The lowest BCUT2D eigenvalue weighted by Gasteiger charge is -2.20. The van der Waals surface area contributed by atoms with Gasteiger partial charge in [0.1, 0.15) is 11.9 Å². The Balaban J connectivity index is 2.41. The molecule has 0 aliphatic carbocycles. The van der Waals surface area contributed by atoms with Crippen molar-refractivity contribution >= 4 is 17.0 Å². The Hall–Kier alpha value is -3.66. The van der Waals surface area contributed by atoms with Crippen LogP contribution < -0.4 is 10.9 Å². The summed E-state index contributed by atoms with van der Waals surface area (Å²) in [5.74, 6) is 0.286. The van der Waals surface area contributed by atoms with E-state index < -0.39 is 17.7 Å². The average molecular weight is 348 g/mol. The topological polar surface area (TPSA) is 108 Å². The zero-order valence-electron chi connectivity index (χ0n) is 14.0. The number of fused-ring (bicyclic) bond motifs is 1. The summed E-state index contributed by atoms with van der Waals surface area (Å²) in [6.45, 7) is 1.80. The molecule has 2 aromatic carbocycles. The average Bonchev–Trinajstić information content (AvgIpc) is 2.65. The number of carboxylic acid groups (broad SMARTS) is 1. The zero-order chi connectivity index (χ0) is 18.7. The predicted octanol–water partition coefficient (Wildman–Crippen LogP) is 2.98. The van der Waals surface area contributed by atoms with Gasteiger partial charge in [-0.1, -0.05) is 31.2 Å². The molecule has 1 atom stereocenters. The minimum absolute atomic E-state index is 0.216. The second kappa shape index (κ2) is 7.07. The number of nitrogens with one attached hydrogen (secondary N) is 1. The summed E-state index contributed by atoms with van der Waals surface area (Å²) in [5, 5.41) is 21.1. The first-order chi connectivity index (χ1) is 12.6. The molecule has 0 spiro atoms. The van der Waals surface area contributed by atoms with Gasteiger partial charge in [-0.25, -0.2) is 9.78 Å². The molecule has 0 bridgehead atoms. The molecule has 0 aliphatic rings. The maximum absolute atomic E-state index is 13.2. The van der Waals surface area contributed by atoms with E-state index in [4.69, 9.17) is 5.11 Å². The number of rotatable bonds is 4. The molecule has 0 saturated heterocycles. The van der Waals surface area contributed by atoms with Crippen LogP contribution in [0.1, 0.15) is 30.8 Å². The van der Waals surface area contributed by atoms with Crippen molar-refractivity contribution < 1.29 is 9.90 Å². The van der Waals surface area contributed by atoms with Gasteiger partial charge in [0.25, 0.3) is 5.56 Å². The van der Waals surface area contributed by atoms with Crippen LogP contribution in [0.3, 0.4) is 0 Å². The smallest absolute Gasteiger partial charge is 0.405 e. The highest BCUT2D eigenvalue weighted by Gasteiger charge is 2.22. The van der Waals surface area contributed by atoms with Crippen molar-refractivity contribution in [2.75, 3.05) is 0 Å². The molecule has 1 heterocycles. The van der Waals surface area contributed by atoms with Crippen LogP contribution >= 0.6 is 0 Å². The van der Waals surface area contributed by atoms with Crippen molar-refractivity contribution in [2.24, 2.45) is 0 Å². The summed E-state index contributed by atoms with van der Waals surface area (Å²) in [6.07, 6.45) is -0.786. The van der Waals surface area contributed by atoms with Crippen LogP contribution in [0, 0.1) is 11.3 Å². The molecule has 7 nitrogen and oxygen atoms in total. The molecule has 7 heteroatoms. The normalized spacial score (nSPS) is 11.7. The molecule has 0 aliphatic heterocycles. The van der Waals surface area contributed by atoms with E-state index >= 15 is 0 Å². The summed E-state index contributed by atoms with van der Waals surface area (Å²) in [4.78, 5) is 28.9. The van der Waals surface area contributed by atoms with Crippen molar-refractivity contribution in [3.63, 3.8) is 0 Å². The fraction of sp³-hybridized carbons (Fsp3) is 0.158. The summed E-state index contributed by atoms with van der Waals surface area (Å²) in [5.41, 5.74) is 0.747. The molecule has 0 radical (unpaired) electrons. The molecule has 3 rings (SSSR count). The van der Waals surface area contributed by atoms with Crippen molar-refractivity contribution in [1.82, 2.24) is 14.9 Å². The van der Waals surface area contributed by atoms with E-state index in [-0.39, 0.29) is 16.8 Å². The van der Waals surface area contributed by atoms with E-state index in [9.17, 15) is 14.9 Å². The molecular formula is C19H16N4O3. The Morgan fingerprint density at radius 1 is 1.27 bits per heavy atom. The molecule has 0 fully saturated rings. The van der Waals surface area contributed by atoms with Crippen LogP contribution in [0.2, 0.25) is 0 Å². The highest BCUT2D eigenvalue weighted by atomic mass is 16.4. The highest BCUT2D eigenvalue weighted by molar-refractivity contribution is 5.84. The number of hydrogen-bond donors (Lipinski definition) is 2. The first-order valence-corrected chi connectivity index (χ1v) is 8.07. The number of nitriles is 1. The van der Waals surface area contributed by atoms with E-state index in [1.165, 1.54) is 4.57 Å². The van der Waals surface area contributed by atoms with Crippen molar-refractivity contribution in [3.8, 4) is 11.8 Å². The number of para-hydroxylation sites is 1. The number of nitrogens with zero attached hydrogens (tertiary/aromatic N) is 3. The van der Waals surface area contributed by atoms with Crippen LogP contribution in [0.15, 0.2) is 53.3 Å². The highest BCUT2D eigenvalue weighted by Crippen LogP contribution is 2.21. The lowest BCUT2D eigenvalue weighted by atomic mass is 10.1. The van der Waals surface area contributed by atoms with Gasteiger partial charge < -0.3 is 10.4 Å². The van der Waals surface area contributed by atoms with E-state index in [0.717, 1.165) is 0 Å². The van der Waals surface area contributed by atoms with Gasteiger partial charge >= 0.3 is 6.09 Å². The molecule has 1 amide bonds. The van der Waals surface area contributed by atoms with Crippen molar-refractivity contribution in [1.29, 1.82) is 5.26 Å². The van der Waals surface area contributed by atoms with Crippen LogP contribution in [0.5, 0.6) is 0 Å². The third-order valence-electron chi connectivity index (χ3n) is 4.08. The number of hydrogen-bond acceptors (Lipinski definition) is 4. The van der Waals surface area contributed by atoms with E-state index in [1.807, 2.05) is 12.1 Å².